The molecular weight excluding hydrogens is 448 g/mol. The first-order valence-electron chi connectivity index (χ1n) is 11.2. The first-order valence-corrected chi connectivity index (χ1v) is 11.2. The van der Waals surface area contributed by atoms with Crippen LogP contribution in [0, 0.1) is 17.0 Å². The van der Waals surface area contributed by atoms with E-state index in [1.54, 1.807) is 29.2 Å². The van der Waals surface area contributed by atoms with Gasteiger partial charge in [-0.15, -0.1) is 0 Å². The summed E-state index contributed by atoms with van der Waals surface area (Å²) in [6.45, 7) is 2.57. The number of imide groups is 1. The molecule has 1 N–H and O–H groups in total. The maximum Gasteiger partial charge on any atom is 0.326 e. The molecule has 0 saturated heterocycles. The topological polar surface area (TPSA) is 113 Å². The molecule has 3 aromatic carbocycles. The van der Waals surface area contributed by atoms with Gasteiger partial charge in [0, 0.05) is 36.6 Å². The summed E-state index contributed by atoms with van der Waals surface area (Å²) in [6, 6.07) is 19.5. The summed E-state index contributed by atoms with van der Waals surface area (Å²) in [4.78, 5) is 51.4. The fourth-order valence-electron chi connectivity index (χ4n) is 3.91. The second-order valence-electron chi connectivity index (χ2n) is 8.24. The predicted molar refractivity (Wildman–Crippen MR) is 132 cm³/mol. The SMILES string of the molecule is Cc1ccc(N(CCCCN2C(=O)c3ccccc3C2=O)C(=O)Nc2ccc([N+](=O)[O-])cc2)cc1. The quantitative estimate of drug-likeness (QED) is 0.214. The van der Waals surface area contributed by atoms with Gasteiger partial charge in [0.15, 0.2) is 0 Å². The molecule has 1 aliphatic rings. The number of benzene rings is 3. The first kappa shape index (κ1) is 23.6. The fourth-order valence-corrected chi connectivity index (χ4v) is 3.91. The summed E-state index contributed by atoms with van der Waals surface area (Å²) in [5, 5.41) is 13.6. The van der Waals surface area contributed by atoms with Crippen molar-refractivity contribution < 1.29 is 19.3 Å². The lowest BCUT2D eigenvalue weighted by Crippen LogP contribution is -2.36. The third-order valence-electron chi connectivity index (χ3n) is 5.81. The average molecular weight is 473 g/mol. The minimum atomic E-state index is -0.501. The average Bonchev–Trinajstić information content (AvgIpc) is 3.10. The van der Waals surface area contributed by atoms with Crippen LogP contribution in [0.2, 0.25) is 0 Å². The number of nitrogens with one attached hydrogen (secondary N) is 1. The van der Waals surface area contributed by atoms with E-state index in [0.717, 1.165) is 5.56 Å². The van der Waals surface area contributed by atoms with Crippen LogP contribution < -0.4 is 10.2 Å². The van der Waals surface area contributed by atoms with Gasteiger partial charge in [-0.2, -0.15) is 0 Å². The van der Waals surface area contributed by atoms with Crippen molar-refractivity contribution in [2.45, 2.75) is 19.8 Å². The summed E-state index contributed by atoms with van der Waals surface area (Å²) in [5.41, 5.74) is 2.95. The van der Waals surface area contributed by atoms with Crippen LogP contribution in [0.5, 0.6) is 0 Å². The Balaban J connectivity index is 1.40. The highest BCUT2D eigenvalue weighted by molar-refractivity contribution is 6.21. The highest BCUT2D eigenvalue weighted by atomic mass is 16.6. The number of amides is 4. The minimum Gasteiger partial charge on any atom is -0.308 e. The Kier molecular flexibility index (Phi) is 6.86. The number of fused-ring (bicyclic) bond motifs is 1. The molecule has 0 bridgehead atoms. The van der Waals surface area contributed by atoms with Crippen molar-refractivity contribution in [2.24, 2.45) is 0 Å². The molecule has 0 saturated carbocycles. The number of nitrogens with zero attached hydrogens (tertiary/aromatic N) is 3. The molecule has 9 nitrogen and oxygen atoms in total. The van der Waals surface area contributed by atoms with E-state index in [1.165, 1.54) is 29.2 Å². The Hall–Kier alpha value is -4.53. The number of carbonyl (C=O) groups excluding carboxylic acids is 3. The predicted octanol–water partition coefficient (Wildman–Crippen LogP) is 5.02. The van der Waals surface area contributed by atoms with Gasteiger partial charge < -0.3 is 5.32 Å². The van der Waals surface area contributed by atoms with Crippen LogP contribution in [0.1, 0.15) is 39.1 Å². The van der Waals surface area contributed by atoms with Crippen LogP contribution in [0.3, 0.4) is 0 Å². The number of nitro groups is 1. The maximum atomic E-state index is 13.1. The number of aryl methyl sites for hydroxylation is 1. The van der Waals surface area contributed by atoms with Gasteiger partial charge in [0.2, 0.25) is 0 Å². The van der Waals surface area contributed by atoms with Crippen molar-refractivity contribution in [3.63, 3.8) is 0 Å². The van der Waals surface area contributed by atoms with Crippen LogP contribution in [0.25, 0.3) is 0 Å². The van der Waals surface area contributed by atoms with Crippen LogP contribution in [-0.4, -0.2) is 40.8 Å². The van der Waals surface area contributed by atoms with Gasteiger partial charge in [0.25, 0.3) is 17.5 Å². The lowest BCUT2D eigenvalue weighted by molar-refractivity contribution is -0.384. The van der Waals surface area contributed by atoms with Crippen molar-refractivity contribution >= 4 is 34.9 Å². The molecule has 0 unspecified atom stereocenters. The number of hydrogen-bond acceptors (Lipinski definition) is 5. The smallest absolute Gasteiger partial charge is 0.308 e. The third-order valence-corrected chi connectivity index (χ3v) is 5.81. The molecule has 9 heteroatoms. The van der Waals surface area contributed by atoms with E-state index in [4.69, 9.17) is 0 Å². The lowest BCUT2D eigenvalue weighted by Gasteiger charge is -2.24. The first-order chi connectivity index (χ1) is 16.8. The zero-order chi connectivity index (χ0) is 24.9. The van der Waals surface area contributed by atoms with Gasteiger partial charge in [-0.1, -0.05) is 29.8 Å². The van der Waals surface area contributed by atoms with Crippen LogP contribution in [0.15, 0.2) is 72.8 Å². The summed E-state index contributed by atoms with van der Waals surface area (Å²) in [7, 11) is 0. The molecule has 0 atom stereocenters. The molecule has 0 aliphatic carbocycles. The van der Waals surface area contributed by atoms with Crippen molar-refractivity contribution in [1.82, 2.24) is 4.90 Å². The standard InChI is InChI=1S/C26H24N4O5/c1-18-8-12-20(13-9-18)28(26(33)27-19-10-14-21(15-11-19)30(34)35)16-4-5-17-29-24(31)22-6-2-3-7-23(22)25(29)32/h2-3,6-15H,4-5,16-17H2,1H3,(H,27,33). The second-order valence-corrected chi connectivity index (χ2v) is 8.24. The Morgan fingerprint density at radius 3 is 2.09 bits per heavy atom. The molecule has 4 amide bonds. The Morgan fingerprint density at radius 2 is 1.51 bits per heavy atom. The molecule has 0 radical (unpaired) electrons. The highest BCUT2D eigenvalue weighted by Gasteiger charge is 2.34. The number of anilines is 2. The molecule has 4 rings (SSSR count). The van der Waals surface area contributed by atoms with E-state index in [1.807, 2.05) is 31.2 Å². The largest absolute Gasteiger partial charge is 0.326 e. The van der Waals surface area contributed by atoms with E-state index in [-0.39, 0.29) is 30.1 Å². The van der Waals surface area contributed by atoms with Crippen molar-refractivity contribution in [3.05, 3.63) is 99.6 Å². The molecule has 0 spiro atoms. The molecule has 3 aromatic rings. The van der Waals surface area contributed by atoms with Crippen molar-refractivity contribution in [1.29, 1.82) is 0 Å². The number of nitro benzene ring substituents is 1. The van der Waals surface area contributed by atoms with E-state index in [0.29, 0.717) is 41.9 Å². The van der Waals surface area contributed by atoms with E-state index < -0.39 is 4.92 Å². The molecule has 1 heterocycles. The monoisotopic (exact) mass is 472 g/mol. The number of urea groups is 1. The Morgan fingerprint density at radius 1 is 0.914 bits per heavy atom. The van der Waals surface area contributed by atoms with Crippen molar-refractivity contribution in [3.8, 4) is 0 Å². The van der Waals surface area contributed by atoms with Gasteiger partial charge in [0.05, 0.1) is 16.1 Å². The number of rotatable bonds is 8. The minimum absolute atomic E-state index is 0.0634. The number of carbonyl (C=O) groups is 3. The normalized spacial score (nSPS) is 12.4. The molecule has 1 aliphatic heterocycles. The summed E-state index contributed by atoms with van der Waals surface area (Å²) >= 11 is 0. The van der Waals surface area contributed by atoms with Gasteiger partial charge in [-0.3, -0.25) is 29.5 Å². The molecule has 0 aromatic heterocycles. The van der Waals surface area contributed by atoms with Gasteiger partial charge in [-0.25, -0.2) is 4.79 Å². The van der Waals surface area contributed by atoms with E-state index in [2.05, 4.69) is 5.32 Å². The van der Waals surface area contributed by atoms with Gasteiger partial charge in [0.1, 0.15) is 0 Å². The van der Waals surface area contributed by atoms with Crippen LogP contribution >= 0.6 is 0 Å². The Bertz CT molecular complexity index is 1240. The van der Waals surface area contributed by atoms with Gasteiger partial charge in [-0.05, 0) is 56.2 Å². The summed E-state index contributed by atoms with van der Waals surface area (Å²) in [5.74, 6) is -0.589. The zero-order valence-corrected chi connectivity index (χ0v) is 19.1. The number of unbranched alkanes of at least 4 members (excludes halogenated alkanes) is 1. The van der Waals surface area contributed by atoms with Gasteiger partial charge >= 0.3 is 6.03 Å². The Labute approximate surface area is 202 Å². The summed E-state index contributed by atoms with van der Waals surface area (Å²) in [6.07, 6.45) is 1.08. The number of non-ortho nitro benzene ring substituents is 1. The fraction of sp³-hybridized carbons (Fsp3) is 0.192. The third kappa shape index (κ3) is 5.19. The maximum absolute atomic E-state index is 13.1. The number of hydrogen-bond donors (Lipinski definition) is 1. The van der Waals surface area contributed by atoms with E-state index >= 15 is 0 Å². The van der Waals surface area contributed by atoms with E-state index in [9.17, 15) is 24.5 Å². The molecule has 35 heavy (non-hydrogen) atoms. The molecule has 178 valence electrons. The summed E-state index contributed by atoms with van der Waals surface area (Å²) < 4.78 is 0. The molecule has 0 fully saturated rings. The molecular formula is C26H24N4O5. The van der Waals surface area contributed by atoms with Crippen LogP contribution in [-0.2, 0) is 0 Å². The second kappa shape index (κ2) is 10.2. The highest BCUT2D eigenvalue weighted by Crippen LogP contribution is 2.23. The van der Waals surface area contributed by atoms with Crippen molar-refractivity contribution in [2.75, 3.05) is 23.3 Å². The lowest BCUT2D eigenvalue weighted by atomic mass is 10.1. The van der Waals surface area contributed by atoms with Crippen LogP contribution in [0.4, 0.5) is 21.9 Å². The zero-order valence-electron chi connectivity index (χ0n) is 19.1.